The van der Waals surface area contributed by atoms with Gasteiger partial charge in [0.05, 0.1) is 22.1 Å². The lowest BCUT2D eigenvalue weighted by molar-refractivity contribution is 0.0937. The Hall–Kier alpha value is -3.44. The minimum atomic E-state index is -0.174. The lowest BCUT2D eigenvalue weighted by Gasteiger charge is -2.11. The third-order valence-electron chi connectivity index (χ3n) is 6.24. The molecule has 7 rings (SSSR count). The first-order valence-corrected chi connectivity index (χ1v) is 10.2. The van der Waals surface area contributed by atoms with Crippen LogP contribution in [0.2, 0.25) is 0 Å². The zero-order valence-electron chi connectivity index (χ0n) is 15.2. The van der Waals surface area contributed by atoms with Gasteiger partial charge < -0.3 is 15.5 Å². The van der Waals surface area contributed by atoms with E-state index < -0.39 is 0 Å². The van der Waals surface area contributed by atoms with E-state index in [1.54, 1.807) is 23.5 Å². The van der Waals surface area contributed by atoms with Gasteiger partial charge in [-0.3, -0.25) is 9.78 Å². The Bertz CT molecular complexity index is 1170. The number of pyridine rings is 1. The summed E-state index contributed by atoms with van der Waals surface area (Å²) in [6.07, 6.45) is 7.46. The molecule has 2 bridgehead atoms. The zero-order chi connectivity index (χ0) is 19.6. The van der Waals surface area contributed by atoms with Gasteiger partial charge in [-0.15, -0.1) is 11.3 Å². The highest BCUT2D eigenvalue weighted by atomic mass is 32.1. The molecule has 29 heavy (non-hydrogen) atoms. The maximum absolute atomic E-state index is 12.8. The maximum atomic E-state index is 12.8. The number of hydrogen-bond acceptors (Lipinski definition) is 7. The number of carbonyl (C=O) groups excluding carboxylic acids is 1. The molecule has 2 N–H and O–H groups in total. The van der Waals surface area contributed by atoms with Crippen molar-refractivity contribution in [3.05, 3.63) is 60.0 Å². The summed E-state index contributed by atoms with van der Waals surface area (Å²) in [6, 6.07) is 12.0. The lowest BCUT2D eigenvalue weighted by Crippen LogP contribution is -2.37. The Kier molecular flexibility index (Phi) is 3.29. The van der Waals surface area contributed by atoms with Gasteiger partial charge in [-0.25, -0.2) is 4.98 Å². The molecule has 2 saturated heterocycles. The first kappa shape index (κ1) is 16.5. The van der Waals surface area contributed by atoms with Crippen molar-refractivity contribution in [1.29, 1.82) is 5.26 Å². The van der Waals surface area contributed by atoms with Crippen LogP contribution in [0, 0.1) is 23.3 Å². The fraction of sp³-hybridized carbons (Fsp3) is 0.238. The number of benzene rings is 1. The summed E-state index contributed by atoms with van der Waals surface area (Å²) in [7, 11) is 0. The van der Waals surface area contributed by atoms with Crippen molar-refractivity contribution in [3.63, 3.8) is 0 Å². The molecule has 8 heteroatoms. The highest BCUT2D eigenvalue weighted by molar-refractivity contribution is 7.17. The van der Waals surface area contributed by atoms with Crippen molar-refractivity contribution < 1.29 is 4.79 Å². The molecule has 1 aromatic carbocycles. The Morgan fingerprint density at radius 1 is 1.28 bits per heavy atom. The highest BCUT2D eigenvalue weighted by Gasteiger charge is 2.93. The number of aromatic nitrogens is 2. The standard InChI is InChI=1S/C21H16N6OS/c22-11-27-10-14-17-18(27)21(14,17)26-19(28)20-24-9-16(29-20)13-8-23-7-6-15(13)25-12-4-2-1-3-5-12/h1-9,14,17-18H,10H2,(H,23,25)(H,26,28)/t14?,17?,18?,21-/m0/s1. The molecule has 3 aromatic rings. The Morgan fingerprint density at radius 3 is 2.90 bits per heavy atom. The zero-order valence-corrected chi connectivity index (χ0v) is 16.1. The summed E-state index contributed by atoms with van der Waals surface area (Å²) in [6.45, 7) is 0.763. The number of fused-ring (bicyclic) bond motifs is 1. The van der Waals surface area contributed by atoms with E-state index in [1.165, 1.54) is 11.3 Å². The van der Waals surface area contributed by atoms with Crippen molar-refractivity contribution in [1.82, 2.24) is 20.2 Å². The molecular formula is C21H16N6OS. The molecular weight excluding hydrogens is 384 g/mol. The number of nitriles is 1. The second-order valence-electron chi connectivity index (χ2n) is 7.66. The summed E-state index contributed by atoms with van der Waals surface area (Å²) in [5.41, 5.74) is 2.62. The van der Waals surface area contributed by atoms with Crippen molar-refractivity contribution in [2.24, 2.45) is 11.8 Å². The van der Waals surface area contributed by atoms with Gasteiger partial charge in [-0.05, 0) is 18.2 Å². The molecule has 2 saturated carbocycles. The van der Waals surface area contributed by atoms with Gasteiger partial charge in [0, 0.05) is 48.2 Å². The predicted molar refractivity (Wildman–Crippen MR) is 108 cm³/mol. The van der Waals surface area contributed by atoms with E-state index in [4.69, 9.17) is 5.26 Å². The van der Waals surface area contributed by atoms with Crippen LogP contribution in [-0.4, -0.2) is 38.9 Å². The van der Waals surface area contributed by atoms with Crippen LogP contribution < -0.4 is 10.6 Å². The van der Waals surface area contributed by atoms with Gasteiger partial charge in [0.2, 0.25) is 0 Å². The van der Waals surface area contributed by atoms with Crippen LogP contribution in [0.4, 0.5) is 11.4 Å². The highest BCUT2D eigenvalue weighted by Crippen LogP contribution is 2.78. The van der Waals surface area contributed by atoms with E-state index in [9.17, 15) is 4.79 Å². The Labute approximate surface area is 171 Å². The molecule has 4 fully saturated rings. The molecule has 7 nitrogen and oxygen atoms in total. The Morgan fingerprint density at radius 2 is 2.14 bits per heavy atom. The first-order valence-electron chi connectivity index (χ1n) is 9.43. The molecule has 0 radical (unpaired) electrons. The molecule has 4 atom stereocenters. The molecule has 0 spiro atoms. The van der Waals surface area contributed by atoms with E-state index in [1.807, 2.05) is 36.4 Å². The second kappa shape index (κ2) is 5.78. The number of anilines is 2. The number of para-hydroxylation sites is 1. The average Bonchev–Trinajstić information content (AvgIpc) is 3.28. The number of piperidine rings is 1. The summed E-state index contributed by atoms with van der Waals surface area (Å²) >= 11 is 1.35. The Balaban J connectivity index is 1.22. The number of rotatable bonds is 5. The fourth-order valence-corrected chi connectivity index (χ4v) is 5.61. The van der Waals surface area contributed by atoms with E-state index in [0.29, 0.717) is 16.8 Å². The number of nitrogens with one attached hydrogen (secondary N) is 2. The predicted octanol–water partition coefficient (Wildman–Crippen LogP) is 2.84. The van der Waals surface area contributed by atoms with Crippen LogP contribution in [0.15, 0.2) is 55.0 Å². The van der Waals surface area contributed by atoms with Gasteiger partial charge >= 0.3 is 0 Å². The van der Waals surface area contributed by atoms with Gasteiger partial charge in [0.25, 0.3) is 5.91 Å². The molecule has 4 aliphatic rings. The summed E-state index contributed by atoms with van der Waals surface area (Å²) in [5.74, 6) is 0.721. The summed E-state index contributed by atoms with van der Waals surface area (Å²) in [4.78, 5) is 24.0. The molecule has 1 amide bonds. The quantitative estimate of drug-likeness (QED) is 0.640. The fourth-order valence-electron chi connectivity index (χ4n) is 4.77. The largest absolute Gasteiger partial charge is 0.355 e. The first-order chi connectivity index (χ1) is 14.2. The monoisotopic (exact) mass is 400 g/mol. The van der Waals surface area contributed by atoms with Crippen LogP contribution >= 0.6 is 11.3 Å². The van der Waals surface area contributed by atoms with Crippen LogP contribution in [0.5, 0.6) is 0 Å². The average molecular weight is 400 g/mol. The molecule has 2 aromatic heterocycles. The number of carbonyl (C=O) groups is 1. The van der Waals surface area contributed by atoms with Crippen molar-refractivity contribution in [2.75, 3.05) is 11.9 Å². The SMILES string of the molecule is N#CN1CC2C3C1[C@]23NC(=O)c1ncc(-c2cnccc2Nc2ccccc2)s1. The third kappa shape index (κ3) is 2.31. The molecule has 2 aliphatic carbocycles. The van der Waals surface area contributed by atoms with Crippen molar-refractivity contribution in [2.45, 2.75) is 11.6 Å². The molecule has 2 aliphatic heterocycles. The van der Waals surface area contributed by atoms with Gasteiger partial charge in [-0.1, -0.05) is 18.2 Å². The lowest BCUT2D eigenvalue weighted by atomic mass is 10.2. The minimum Gasteiger partial charge on any atom is -0.355 e. The minimum absolute atomic E-state index is 0.155. The van der Waals surface area contributed by atoms with Crippen molar-refractivity contribution in [3.8, 4) is 16.6 Å². The van der Waals surface area contributed by atoms with Crippen LogP contribution in [-0.2, 0) is 0 Å². The van der Waals surface area contributed by atoms with E-state index in [-0.39, 0.29) is 17.5 Å². The van der Waals surface area contributed by atoms with E-state index >= 15 is 0 Å². The molecule has 3 unspecified atom stereocenters. The van der Waals surface area contributed by atoms with Gasteiger partial charge in [-0.2, -0.15) is 5.26 Å². The smallest absolute Gasteiger partial charge is 0.280 e. The summed E-state index contributed by atoms with van der Waals surface area (Å²) < 4.78 is 0. The van der Waals surface area contributed by atoms with E-state index in [0.717, 1.165) is 28.4 Å². The number of amides is 1. The number of nitrogens with zero attached hydrogens (tertiary/aromatic N) is 4. The normalized spacial score (nSPS) is 27.7. The molecule has 4 heterocycles. The van der Waals surface area contributed by atoms with Gasteiger partial charge in [0.1, 0.15) is 0 Å². The van der Waals surface area contributed by atoms with Crippen LogP contribution in [0.25, 0.3) is 10.4 Å². The van der Waals surface area contributed by atoms with Crippen LogP contribution in [0.1, 0.15) is 9.80 Å². The van der Waals surface area contributed by atoms with Crippen molar-refractivity contribution >= 4 is 28.6 Å². The second-order valence-corrected chi connectivity index (χ2v) is 8.69. The van der Waals surface area contributed by atoms with Crippen LogP contribution in [0.3, 0.4) is 0 Å². The third-order valence-corrected chi connectivity index (χ3v) is 7.27. The number of thiazole rings is 1. The van der Waals surface area contributed by atoms with E-state index in [2.05, 4.69) is 26.8 Å². The number of hydrogen-bond donors (Lipinski definition) is 2. The maximum Gasteiger partial charge on any atom is 0.280 e. The summed E-state index contributed by atoms with van der Waals surface area (Å²) in [5, 5.41) is 16.1. The molecule has 142 valence electrons. The topological polar surface area (TPSA) is 93.9 Å². The van der Waals surface area contributed by atoms with Gasteiger partial charge in [0.15, 0.2) is 11.2 Å².